The third-order valence-electron chi connectivity index (χ3n) is 3.23. The number of carbonyl (C=O) groups excluding carboxylic acids is 1. The van der Waals surface area contributed by atoms with E-state index in [0.717, 1.165) is 6.07 Å². The molecule has 1 fully saturated rings. The third-order valence-corrected chi connectivity index (χ3v) is 3.47. The van der Waals surface area contributed by atoms with Crippen molar-refractivity contribution >= 4 is 29.3 Å². The van der Waals surface area contributed by atoms with Gasteiger partial charge in [-0.3, -0.25) is 4.79 Å². The van der Waals surface area contributed by atoms with Gasteiger partial charge in [-0.05, 0) is 31.0 Å². The number of likely N-dealkylation sites (tertiary alicyclic amines) is 1. The Morgan fingerprint density at radius 3 is 2.85 bits per heavy atom. The third kappa shape index (κ3) is 3.39. The number of anilines is 1. The lowest BCUT2D eigenvalue weighted by Gasteiger charge is -2.30. The van der Waals surface area contributed by atoms with Crippen molar-refractivity contribution in [3.63, 3.8) is 0 Å². The summed E-state index contributed by atoms with van der Waals surface area (Å²) in [7, 11) is 0. The zero-order chi connectivity index (χ0) is 14.7. The lowest BCUT2D eigenvalue weighted by Crippen LogP contribution is -2.44. The molecule has 0 spiro atoms. The second-order valence-corrected chi connectivity index (χ2v) is 5.11. The van der Waals surface area contributed by atoms with Gasteiger partial charge in [0.2, 0.25) is 0 Å². The van der Waals surface area contributed by atoms with Crippen molar-refractivity contribution in [2.75, 3.05) is 18.4 Å². The standard InChI is InChI=1S/C13H14ClFN2O3/c14-9-3-4-11(10(15)6-9)16-13(20)17-5-1-2-8(7-17)12(18)19/h3-4,6,8H,1-2,5,7H2,(H,16,20)(H,18,19)/t8-/m1/s1. The van der Waals surface area contributed by atoms with Crippen molar-refractivity contribution in [2.45, 2.75) is 12.8 Å². The van der Waals surface area contributed by atoms with Crippen molar-refractivity contribution in [2.24, 2.45) is 5.92 Å². The highest BCUT2D eigenvalue weighted by Gasteiger charge is 2.28. The van der Waals surface area contributed by atoms with Crippen LogP contribution in [-0.2, 0) is 4.79 Å². The molecule has 7 heteroatoms. The van der Waals surface area contributed by atoms with Gasteiger partial charge in [0.1, 0.15) is 5.82 Å². The molecule has 2 N–H and O–H groups in total. The molecule has 0 radical (unpaired) electrons. The van der Waals surface area contributed by atoms with E-state index in [2.05, 4.69) is 5.32 Å². The van der Waals surface area contributed by atoms with Crippen LogP contribution >= 0.6 is 11.6 Å². The molecule has 1 aromatic carbocycles. The number of aliphatic carboxylic acids is 1. The highest BCUT2D eigenvalue weighted by atomic mass is 35.5. The van der Waals surface area contributed by atoms with Gasteiger partial charge in [0.05, 0.1) is 11.6 Å². The summed E-state index contributed by atoms with van der Waals surface area (Å²) in [5.41, 5.74) is 0.0249. The predicted octanol–water partition coefficient (Wildman–Crippen LogP) is 2.81. The number of carboxylic acids is 1. The molecule has 0 aliphatic carbocycles. The SMILES string of the molecule is O=C(O)[C@@H]1CCCN(C(=O)Nc2ccc(Cl)cc2F)C1. The van der Waals surface area contributed by atoms with E-state index >= 15 is 0 Å². The van der Waals surface area contributed by atoms with Gasteiger partial charge in [-0.2, -0.15) is 0 Å². The maximum Gasteiger partial charge on any atom is 0.321 e. The summed E-state index contributed by atoms with van der Waals surface area (Å²) in [6, 6.07) is 3.44. The summed E-state index contributed by atoms with van der Waals surface area (Å²) in [4.78, 5) is 24.3. The summed E-state index contributed by atoms with van der Waals surface area (Å²) in [6.45, 7) is 0.598. The van der Waals surface area contributed by atoms with Gasteiger partial charge in [-0.15, -0.1) is 0 Å². The van der Waals surface area contributed by atoms with E-state index < -0.39 is 23.7 Å². The minimum absolute atomic E-state index is 0.0249. The van der Waals surface area contributed by atoms with Crippen LogP contribution in [0.15, 0.2) is 18.2 Å². The first-order chi connectivity index (χ1) is 9.47. The molecule has 0 saturated carbocycles. The molecule has 0 unspecified atom stereocenters. The fourth-order valence-corrected chi connectivity index (χ4v) is 2.31. The Morgan fingerprint density at radius 2 is 2.20 bits per heavy atom. The molecule has 1 saturated heterocycles. The number of carboxylic acid groups (broad SMARTS) is 1. The first-order valence-corrected chi connectivity index (χ1v) is 6.59. The zero-order valence-electron chi connectivity index (χ0n) is 10.6. The van der Waals surface area contributed by atoms with Gasteiger partial charge >= 0.3 is 12.0 Å². The molecule has 1 atom stereocenters. The monoisotopic (exact) mass is 300 g/mol. The second kappa shape index (κ2) is 6.09. The van der Waals surface area contributed by atoms with Gasteiger partial charge in [-0.25, -0.2) is 9.18 Å². The molecule has 1 heterocycles. The summed E-state index contributed by atoms with van der Waals surface area (Å²) >= 11 is 5.63. The highest BCUT2D eigenvalue weighted by Crippen LogP contribution is 2.21. The van der Waals surface area contributed by atoms with E-state index in [4.69, 9.17) is 16.7 Å². The lowest BCUT2D eigenvalue weighted by molar-refractivity contribution is -0.143. The molecule has 0 aromatic heterocycles. The summed E-state index contributed by atoms with van der Waals surface area (Å²) < 4.78 is 13.6. The number of piperidine rings is 1. The maximum absolute atomic E-state index is 13.6. The molecular formula is C13H14ClFN2O3. The number of nitrogens with one attached hydrogen (secondary N) is 1. The van der Waals surface area contributed by atoms with Crippen LogP contribution in [-0.4, -0.2) is 35.1 Å². The average Bonchev–Trinajstić information content (AvgIpc) is 2.42. The Morgan fingerprint density at radius 1 is 1.45 bits per heavy atom. The smallest absolute Gasteiger partial charge is 0.321 e. The Bertz CT molecular complexity index is 538. The Kier molecular flexibility index (Phi) is 4.44. The van der Waals surface area contributed by atoms with Crippen LogP contribution in [0.5, 0.6) is 0 Å². The molecule has 2 rings (SSSR count). The van der Waals surface area contributed by atoms with Crippen LogP contribution in [0.2, 0.25) is 5.02 Å². The fourth-order valence-electron chi connectivity index (χ4n) is 2.15. The normalized spacial score (nSPS) is 18.7. The Labute approximate surface area is 120 Å². The van der Waals surface area contributed by atoms with E-state index in [1.54, 1.807) is 0 Å². The van der Waals surface area contributed by atoms with E-state index in [0.29, 0.717) is 19.4 Å². The van der Waals surface area contributed by atoms with E-state index in [1.807, 2.05) is 0 Å². The number of amides is 2. The van der Waals surface area contributed by atoms with Crippen LogP contribution in [0.4, 0.5) is 14.9 Å². The second-order valence-electron chi connectivity index (χ2n) is 4.68. The fraction of sp³-hybridized carbons (Fsp3) is 0.385. The molecule has 1 aliphatic heterocycles. The Hall–Kier alpha value is -1.82. The molecular weight excluding hydrogens is 287 g/mol. The number of hydrogen-bond donors (Lipinski definition) is 2. The topological polar surface area (TPSA) is 69.6 Å². The maximum atomic E-state index is 13.6. The number of rotatable bonds is 2. The predicted molar refractivity (Wildman–Crippen MR) is 72.4 cm³/mol. The van der Waals surface area contributed by atoms with E-state index in [-0.39, 0.29) is 17.3 Å². The van der Waals surface area contributed by atoms with Crippen LogP contribution in [0.3, 0.4) is 0 Å². The number of carbonyl (C=O) groups is 2. The summed E-state index contributed by atoms with van der Waals surface area (Å²) in [5.74, 6) is -2.11. The molecule has 20 heavy (non-hydrogen) atoms. The summed E-state index contributed by atoms with van der Waals surface area (Å²) in [5, 5.41) is 11.6. The largest absolute Gasteiger partial charge is 0.481 e. The van der Waals surface area contributed by atoms with Crippen molar-refractivity contribution in [3.8, 4) is 0 Å². The van der Waals surface area contributed by atoms with Gasteiger partial charge in [0, 0.05) is 18.1 Å². The van der Waals surface area contributed by atoms with Crippen LogP contribution < -0.4 is 5.32 Å². The first-order valence-electron chi connectivity index (χ1n) is 6.21. The van der Waals surface area contributed by atoms with Gasteiger partial charge in [0.25, 0.3) is 0 Å². The molecule has 108 valence electrons. The average molecular weight is 301 g/mol. The van der Waals surface area contributed by atoms with Crippen molar-refractivity contribution in [1.82, 2.24) is 4.90 Å². The van der Waals surface area contributed by atoms with Crippen molar-refractivity contribution < 1.29 is 19.1 Å². The number of urea groups is 1. The van der Waals surface area contributed by atoms with Crippen LogP contribution in [0, 0.1) is 11.7 Å². The van der Waals surface area contributed by atoms with E-state index in [9.17, 15) is 14.0 Å². The molecule has 5 nitrogen and oxygen atoms in total. The molecule has 2 amide bonds. The number of benzene rings is 1. The van der Waals surface area contributed by atoms with Crippen molar-refractivity contribution in [3.05, 3.63) is 29.0 Å². The van der Waals surface area contributed by atoms with E-state index in [1.165, 1.54) is 17.0 Å². The summed E-state index contributed by atoms with van der Waals surface area (Å²) in [6.07, 6.45) is 1.17. The number of halogens is 2. The quantitative estimate of drug-likeness (QED) is 0.882. The first kappa shape index (κ1) is 14.6. The zero-order valence-corrected chi connectivity index (χ0v) is 11.4. The van der Waals surface area contributed by atoms with Crippen LogP contribution in [0.25, 0.3) is 0 Å². The number of nitrogens with zero attached hydrogens (tertiary/aromatic N) is 1. The Balaban J connectivity index is 2.02. The van der Waals surface area contributed by atoms with Crippen molar-refractivity contribution in [1.29, 1.82) is 0 Å². The van der Waals surface area contributed by atoms with Gasteiger partial charge < -0.3 is 15.3 Å². The minimum atomic E-state index is -0.917. The van der Waals surface area contributed by atoms with Gasteiger partial charge in [0.15, 0.2) is 0 Å². The lowest BCUT2D eigenvalue weighted by atomic mass is 9.99. The molecule has 1 aromatic rings. The number of hydrogen-bond acceptors (Lipinski definition) is 2. The van der Waals surface area contributed by atoms with Crippen LogP contribution in [0.1, 0.15) is 12.8 Å². The minimum Gasteiger partial charge on any atom is -0.481 e. The molecule has 1 aliphatic rings. The van der Waals surface area contributed by atoms with Gasteiger partial charge in [-0.1, -0.05) is 11.6 Å². The highest BCUT2D eigenvalue weighted by molar-refractivity contribution is 6.30. The molecule has 0 bridgehead atoms.